The van der Waals surface area contributed by atoms with Gasteiger partial charge in [0.15, 0.2) is 0 Å². The summed E-state index contributed by atoms with van der Waals surface area (Å²) in [5.74, 6) is 1.89. The maximum atomic E-state index is 12.0. The summed E-state index contributed by atoms with van der Waals surface area (Å²) in [6.07, 6.45) is 12.4. The molecule has 4 heterocycles. The molecule has 1 saturated heterocycles. The third-order valence-electron chi connectivity index (χ3n) is 5.23. The van der Waals surface area contributed by atoms with Gasteiger partial charge in [0.2, 0.25) is 0 Å². The van der Waals surface area contributed by atoms with E-state index in [4.69, 9.17) is 4.74 Å². The van der Waals surface area contributed by atoms with E-state index in [2.05, 4.69) is 28.9 Å². The van der Waals surface area contributed by atoms with Crippen LogP contribution in [0.1, 0.15) is 32.5 Å². The second-order valence-corrected chi connectivity index (χ2v) is 8.09. The number of ether oxygens (including phenoxy) is 1. The molecule has 0 amide bonds. The van der Waals surface area contributed by atoms with Crippen molar-refractivity contribution in [3.05, 3.63) is 59.3 Å². The molecule has 1 fully saturated rings. The molecular formula is C22H27N5O2. The fourth-order valence-electron chi connectivity index (χ4n) is 3.62. The standard InChI is InChI=1S/C22H27N5O2/c1-16(2)13-26-15-20(3-4-22(26)28)27-14-19(12-25-27)18-10-23-21(24-11-18)9-17-5-7-29-8-6-17/h3-4,10-12,14-17H,5-9,13H2,1-2H3. The van der Waals surface area contributed by atoms with Gasteiger partial charge in [0.05, 0.1) is 11.9 Å². The fourth-order valence-corrected chi connectivity index (χ4v) is 3.62. The van der Waals surface area contributed by atoms with Gasteiger partial charge in [0.25, 0.3) is 5.56 Å². The van der Waals surface area contributed by atoms with Crippen LogP contribution >= 0.6 is 0 Å². The monoisotopic (exact) mass is 393 g/mol. The van der Waals surface area contributed by atoms with Crippen molar-refractivity contribution in [1.29, 1.82) is 0 Å². The van der Waals surface area contributed by atoms with Crippen molar-refractivity contribution in [3.63, 3.8) is 0 Å². The maximum absolute atomic E-state index is 12.0. The van der Waals surface area contributed by atoms with Gasteiger partial charge in [-0.25, -0.2) is 14.6 Å². The number of hydrogen-bond donors (Lipinski definition) is 0. The van der Waals surface area contributed by atoms with Crippen LogP contribution in [0.25, 0.3) is 16.8 Å². The number of nitrogens with zero attached hydrogens (tertiary/aromatic N) is 5. The van der Waals surface area contributed by atoms with Gasteiger partial charge in [0, 0.05) is 68.2 Å². The van der Waals surface area contributed by atoms with Crippen molar-refractivity contribution in [3.8, 4) is 16.8 Å². The Morgan fingerprint density at radius 2 is 1.83 bits per heavy atom. The van der Waals surface area contributed by atoms with Crippen molar-refractivity contribution in [2.24, 2.45) is 11.8 Å². The lowest BCUT2D eigenvalue weighted by atomic mass is 9.96. The summed E-state index contributed by atoms with van der Waals surface area (Å²) in [4.78, 5) is 21.2. The third-order valence-corrected chi connectivity index (χ3v) is 5.23. The van der Waals surface area contributed by atoms with E-state index in [0.717, 1.165) is 55.1 Å². The predicted molar refractivity (Wildman–Crippen MR) is 111 cm³/mol. The second kappa shape index (κ2) is 8.69. The molecule has 29 heavy (non-hydrogen) atoms. The molecular weight excluding hydrogens is 366 g/mol. The summed E-state index contributed by atoms with van der Waals surface area (Å²) < 4.78 is 8.93. The Balaban J connectivity index is 1.49. The number of hydrogen-bond acceptors (Lipinski definition) is 5. The first-order chi connectivity index (χ1) is 14.1. The van der Waals surface area contributed by atoms with Gasteiger partial charge in [-0.3, -0.25) is 4.79 Å². The molecule has 0 aliphatic carbocycles. The van der Waals surface area contributed by atoms with Crippen molar-refractivity contribution in [2.75, 3.05) is 13.2 Å². The molecule has 0 radical (unpaired) electrons. The first-order valence-electron chi connectivity index (χ1n) is 10.2. The van der Waals surface area contributed by atoms with Gasteiger partial charge in [-0.1, -0.05) is 13.8 Å². The average Bonchev–Trinajstić information content (AvgIpc) is 3.21. The van der Waals surface area contributed by atoms with E-state index in [1.807, 2.05) is 24.8 Å². The summed E-state index contributed by atoms with van der Waals surface area (Å²) in [5.41, 5.74) is 2.74. The van der Waals surface area contributed by atoms with E-state index in [1.54, 1.807) is 27.6 Å². The highest BCUT2D eigenvalue weighted by Gasteiger charge is 2.16. The molecule has 3 aromatic heterocycles. The van der Waals surface area contributed by atoms with Gasteiger partial charge >= 0.3 is 0 Å². The fraction of sp³-hybridized carbons (Fsp3) is 0.455. The molecule has 7 heteroatoms. The summed E-state index contributed by atoms with van der Waals surface area (Å²) in [6.45, 7) is 6.55. The SMILES string of the molecule is CC(C)Cn1cc(-n2cc(-c3cnc(CC4CCOCC4)nc3)cn2)ccc1=O. The Labute approximate surface area is 170 Å². The Kier molecular flexibility index (Phi) is 5.85. The number of pyridine rings is 1. The van der Waals surface area contributed by atoms with E-state index in [9.17, 15) is 4.79 Å². The first kappa shape index (κ1) is 19.5. The van der Waals surface area contributed by atoms with Crippen LogP contribution in [0.5, 0.6) is 0 Å². The molecule has 3 aromatic rings. The van der Waals surface area contributed by atoms with Crippen molar-refractivity contribution in [1.82, 2.24) is 24.3 Å². The van der Waals surface area contributed by atoms with Crippen LogP contribution in [-0.4, -0.2) is 37.5 Å². The Morgan fingerprint density at radius 1 is 1.07 bits per heavy atom. The Morgan fingerprint density at radius 3 is 2.55 bits per heavy atom. The molecule has 4 rings (SSSR count). The summed E-state index contributed by atoms with van der Waals surface area (Å²) in [6, 6.07) is 3.39. The van der Waals surface area contributed by atoms with Crippen LogP contribution in [0.15, 0.2) is 47.9 Å². The van der Waals surface area contributed by atoms with Crippen molar-refractivity contribution >= 4 is 0 Å². The Bertz CT molecular complexity index is 1000. The third kappa shape index (κ3) is 4.79. The minimum Gasteiger partial charge on any atom is -0.381 e. The summed E-state index contributed by atoms with van der Waals surface area (Å²) in [7, 11) is 0. The average molecular weight is 393 g/mol. The van der Waals surface area contributed by atoms with Gasteiger partial charge in [-0.05, 0) is 30.7 Å². The van der Waals surface area contributed by atoms with Crippen LogP contribution in [0.2, 0.25) is 0 Å². The lowest BCUT2D eigenvalue weighted by Gasteiger charge is -2.21. The highest BCUT2D eigenvalue weighted by Crippen LogP contribution is 2.21. The molecule has 7 nitrogen and oxygen atoms in total. The van der Waals surface area contributed by atoms with E-state index >= 15 is 0 Å². The van der Waals surface area contributed by atoms with Crippen LogP contribution < -0.4 is 5.56 Å². The molecule has 0 spiro atoms. The zero-order valence-electron chi connectivity index (χ0n) is 17.0. The van der Waals surface area contributed by atoms with Gasteiger partial charge in [-0.15, -0.1) is 0 Å². The largest absolute Gasteiger partial charge is 0.381 e. The normalized spacial score (nSPS) is 15.1. The van der Waals surface area contributed by atoms with E-state index in [1.165, 1.54) is 0 Å². The van der Waals surface area contributed by atoms with Crippen LogP contribution in [0.4, 0.5) is 0 Å². The predicted octanol–water partition coefficient (Wildman–Crippen LogP) is 3.12. The number of rotatable bonds is 6. The first-order valence-corrected chi connectivity index (χ1v) is 10.2. The lowest BCUT2D eigenvalue weighted by molar-refractivity contribution is 0.0660. The molecule has 0 N–H and O–H groups in total. The molecule has 1 aliphatic rings. The van der Waals surface area contributed by atoms with Crippen LogP contribution in [0.3, 0.4) is 0 Å². The van der Waals surface area contributed by atoms with Crippen LogP contribution in [0, 0.1) is 11.8 Å². The maximum Gasteiger partial charge on any atom is 0.250 e. The minimum absolute atomic E-state index is 0.00310. The van der Waals surface area contributed by atoms with Crippen LogP contribution in [-0.2, 0) is 17.7 Å². The smallest absolute Gasteiger partial charge is 0.250 e. The van der Waals surface area contributed by atoms with Gasteiger partial charge in [0.1, 0.15) is 5.82 Å². The summed E-state index contributed by atoms with van der Waals surface area (Å²) >= 11 is 0. The number of aromatic nitrogens is 5. The zero-order chi connectivity index (χ0) is 20.2. The van der Waals surface area contributed by atoms with Crippen molar-refractivity contribution < 1.29 is 4.74 Å². The topological polar surface area (TPSA) is 74.8 Å². The summed E-state index contributed by atoms with van der Waals surface area (Å²) in [5, 5.41) is 4.46. The van der Waals surface area contributed by atoms with Gasteiger partial charge < -0.3 is 9.30 Å². The zero-order valence-corrected chi connectivity index (χ0v) is 17.0. The molecule has 1 aliphatic heterocycles. The quantitative estimate of drug-likeness (QED) is 0.643. The second-order valence-electron chi connectivity index (χ2n) is 8.09. The van der Waals surface area contributed by atoms with E-state index < -0.39 is 0 Å². The molecule has 0 unspecified atom stereocenters. The van der Waals surface area contributed by atoms with E-state index in [-0.39, 0.29) is 5.56 Å². The minimum atomic E-state index is 0.00310. The van der Waals surface area contributed by atoms with E-state index in [0.29, 0.717) is 18.4 Å². The Hall–Kier alpha value is -2.80. The molecule has 152 valence electrons. The lowest BCUT2D eigenvalue weighted by Crippen LogP contribution is -2.21. The van der Waals surface area contributed by atoms with Gasteiger partial charge in [-0.2, -0.15) is 5.10 Å². The molecule has 0 atom stereocenters. The molecule has 0 aromatic carbocycles. The highest BCUT2D eigenvalue weighted by molar-refractivity contribution is 5.60. The highest BCUT2D eigenvalue weighted by atomic mass is 16.5. The molecule has 0 bridgehead atoms. The van der Waals surface area contributed by atoms with Crippen molar-refractivity contribution in [2.45, 2.75) is 39.7 Å². The molecule has 0 saturated carbocycles.